The third kappa shape index (κ3) is 4.75. The van der Waals surface area contributed by atoms with Gasteiger partial charge in [0.2, 0.25) is 0 Å². The van der Waals surface area contributed by atoms with Crippen LogP contribution in [0.2, 0.25) is 5.02 Å². The first-order valence-electron chi connectivity index (χ1n) is 9.75. The number of nitrogens with zero attached hydrogens (tertiary/aromatic N) is 2. The van der Waals surface area contributed by atoms with E-state index < -0.39 is 17.7 Å². The van der Waals surface area contributed by atoms with Crippen molar-refractivity contribution in [1.82, 2.24) is 9.97 Å². The highest BCUT2D eigenvalue weighted by Gasteiger charge is 2.32. The zero-order valence-corrected chi connectivity index (χ0v) is 21.7. The predicted octanol–water partition coefficient (Wildman–Crippen LogP) is 7.75. The standard InChI is InChI=1S/C23H20BrClN2O3S2/c1-11-9-14-19(32-21(26-14)20-27-15(24)10-31-20)17(12-5-7-13(25)8-6-12)16(11)18(22(28)29)30-23(2,3)4/h5-10,18H,1-4H3,(H,28,29). The SMILES string of the molecule is Cc1cc2nc(-c3nc(Br)cs3)sc2c(-c2ccc(Cl)cc2)c1C(OC(C)(C)C)C(=O)O. The molecule has 0 aliphatic carbocycles. The van der Waals surface area contributed by atoms with E-state index in [2.05, 4.69) is 20.9 Å². The van der Waals surface area contributed by atoms with Crippen LogP contribution in [0.4, 0.5) is 0 Å². The number of aliphatic carboxylic acids is 1. The fourth-order valence-corrected chi connectivity index (χ4v) is 6.02. The molecule has 0 aliphatic heterocycles. The van der Waals surface area contributed by atoms with Gasteiger partial charge in [-0.05, 0) is 73.0 Å². The van der Waals surface area contributed by atoms with Gasteiger partial charge in [0.05, 0.1) is 15.8 Å². The average molecular weight is 552 g/mol. The number of aryl methyl sites for hydroxylation is 1. The highest BCUT2D eigenvalue weighted by Crippen LogP contribution is 2.44. The molecule has 2 aromatic heterocycles. The van der Waals surface area contributed by atoms with E-state index in [0.717, 1.165) is 41.5 Å². The van der Waals surface area contributed by atoms with Crippen molar-refractivity contribution in [3.8, 4) is 21.1 Å². The number of ether oxygens (including phenoxy) is 1. The number of aromatic nitrogens is 2. The number of rotatable bonds is 5. The summed E-state index contributed by atoms with van der Waals surface area (Å²) in [6.45, 7) is 7.45. The highest BCUT2D eigenvalue weighted by molar-refractivity contribution is 9.10. The van der Waals surface area contributed by atoms with Crippen LogP contribution in [-0.4, -0.2) is 26.6 Å². The van der Waals surface area contributed by atoms with Gasteiger partial charge in [-0.1, -0.05) is 23.7 Å². The van der Waals surface area contributed by atoms with E-state index in [1.807, 2.05) is 51.3 Å². The number of benzene rings is 2. The first-order chi connectivity index (χ1) is 15.0. The maximum absolute atomic E-state index is 12.4. The number of fused-ring (bicyclic) bond motifs is 1. The van der Waals surface area contributed by atoms with Gasteiger partial charge >= 0.3 is 5.97 Å². The fourth-order valence-electron chi connectivity index (χ4n) is 3.48. The van der Waals surface area contributed by atoms with Crippen molar-refractivity contribution in [2.24, 2.45) is 0 Å². The summed E-state index contributed by atoms with van der Waals surface area (Å²) < 4.78 is 7.69. The molecule has 0 saturated heterocycles. The Labute approximate surface area is 207 Å². The monoisotopic (exact) mass is 550 g/mol. The second-order valence-electron chi connectivity index (χ2n) is 8.28. The summed E-state index contributed by atoms with van der Waals surface area (Å²) >= 11 is 12.5. The summed E-state index contributed by atoms with van der Waals surface area (Å²) in [6.07, 6.45) is -1.13. The molecule has 9 heteroatoms. The molecule has 4 aromatic rings. The molecule has 5 nitrogen and oxygen atoms in total. The van der Waals surface area contributed by atoms with Crippen LogP contribution >= 0.6 is 50.2 Å². The van der Waals surface area contributed by atoms with Crippen LogP contribution in [0.5, 0.6) is 0 Å². The predicted molar refractivity (Wildman–Crippen MR) is 135 cm³/mol. The molecule has 0 saturated carbocycles. The Kier molecular flexibility index (Phi) is 6.44. The van der Waals surface area contributed by atoms with E-state index in [9.17, 15) is 9.90 Å². The Hall–Kier alpha value is -1.84. The molecule has 0 spiro atoms. The van der Waals surface area contributed by atoms with Gasteiger partial charge in [-0.15, -0.1) is 22.7 Å². The van der Waals surface area contributed by atoms with Gasteiger partial charge in [0.15, 0.2) is 16.1 Å². The van der Waals surface area contributed by atoms with Crippen LogP contribution in [-0.2, 0) is 9.53 Å². The van der Waals surface area contributed by atoms with E-state index in [-0.39, 0.29) is 0 Å². The fraction of sp³-hybridized carbons (Fsp3) is 0.261. The van der Waals surface area contributed by atoms with Gasteiger partial charge in [0.1, 0.15) is 4.60 Å². The number of carboxylic acid groups (broad SMARTS) is 1. The van der Waals surface area contributed by atoms with Crippen molar-refractivity contribution in [1.29, 1.82) is 0 Å². The minimum atomic E-state index is -1.13. The van der Waals surface area contributed by atoms with Crippen molar-refractivity contribution in [2.75, 3.05) is 0 Å². The van der Waals surface area contributed by atoms with Crippen molar-refractivity contribution in [3.63, 3.8) is 0 Å². The maximum atomic E-state index is 12.4. The van der Waals surface area contributed by atoms with Crippen molar-refractivity contribution in [3.05, 3.63) is 56.5 Å². The minimum absolute atomic E-state index is 0.609. The molecule has 4 rings (SSSR count). The van der Waals surface area contributed by atoms with Crippen LogP contribution in [0.25, 0.3) is 31.4 Å². The smallest absolute Gasteiger partial charge is 0.337 e. The lowest BCUT2D eigenvalue weighted by molar-refractivity contribution is -0.160. The molecule has 0 aliphatic rings. The Morgan fingerprint density at radius 2 is 1.88 bits per heavy atom. The molecule has 0 fully saturated rings. The summed E-state index contributed by atoms with van der Waals surface area (Å²) in [5.41, 5.74) is 3.23. The Bertz CT molecular complexity index is 1310. The Morgan fingerprint density at radius 3 is 2.44 bits per heavy atom. The van der Waals surface area contributed by atoms with Crippen molar-refractivity contribution < 1.29 is 14.6 Å². The molecule has 1 atom stereocenters. The van der Waals surface area contributed by atoms with E-state index >= 15 is 0 Å². The zero-order chi connectivity index (χ0) is 23.2. The van der Waals surface area contributed by atoms with Gasteiger partial charge in [0, 0.05) is 21.5 Å². The number of carboxylic acids is 1. The maximum Gasteiger partial charge on any atom is 0.337 e. The molecular weight excluding hydrogens is 532 g/mol. The lowest BCUT2D eigenvalue weighted by Gasteiger charge is -2.28. The molecule has 0 amide bonds. The summed E-state index contributed by atoms with van der Waals surface area (Å²) in [5, 5.41) is 14.2. The molecule has 32 heavy (non-hydrogen) atoms. The van der Waals surface area contributed by atoms with Gasteiger partial charge in [-0.3, -0.25) is 0 Å². The third-order valence-corrected chi connectivity index (χ3v) is 7.71. The molecule has 166 valence electrons. The zero-order valence-electron chi connectivity index (χ0n) is 17.8. The van der Waals surface area contributed by atoms with Gasteiger partial charge in [0.25, 0.3) is 0 Å². The first-order valence-corrected chi connectivity index (χ1v) is 12.6. The van der Waals surface area contributed by atoms with Crippen molar-refractivity contribution >= 4 is 66.4 Å². The molecule has 0 bridgehead atoms. The molecule has 1 N–H and O–H groups in total. The molecule has 0 radical (unpaired) electrons. The summed E-state index contributed by atoms with van der Waals surface area (Å²) in [5.74, 6) is -1.04. The molecule has 1 unspecified atom stereocenters. The number of hydrogen-bond donors (Lipinski definition) is 1. The number of carbonyl (C=O) groups is 1. The molecular formula is C23H20BrClN2O3S2. The van der Waals surface area contributed by atoms with Crippen LogP contribution < -0.4 is 0 Å². The van der Waals surface area contributed by atoms with Gasteiger partial charge in [-0.2, -0.15) is 0 Å². The largest absolute Gasteiger partial charge is 0.479 e. The Morgan fingerprint density at radius 1 is 1.19 bits per heavy atom. The number of halogens is 2. The van der Waals surface area contributed by atoms with Crippen LogP contribution in [0, 0.1) is 6.92 Å². The third-order valence-electron chi connectivity index (χ3n) is 4.68. The van der Waals surface area contributed by atoms with E-state index in [4.69, 9.17) is 21.3 Å². The van der Waals surface area contributed by atoms with Crippen LogP contribution in [0.1, 0.15) is 38.0 Å². The number of hydrogen-bond acceptors (Lipinski definition) is 6. The minimum Gasteiger partial charge on any atom is -0.479 e. The lowest BCUT2D eigenvalue weighted by Crippen LogP contribution is -2.28. The van der Waals surface area contributed by atoms with Gasteiger partial charge in [-0.25, -0.2) is 14.8 Å². The second-order valence-corrected chi connectivity index (χ2v) is 11.4. The number of thiazole rings is 2. The van der Waals surface area contributed by atoms with Gasteiger partial charge < -0.3 is 9.84 Å². The molecule has 2 aromatic carbocycles. The lowest BCUT2D eigenvalue weighted by atomic mass is 9.91. The van der Waals surface area contributed by atoms with E-state index in [1.54, 1.807) is 12.1 Å². The molecule has 2 heterocycles. The second kappa shape index (κ2) is 8.83. The van der Waals surface area contributed by atoms with Crippen LogP contribution in [0.15, 0.2) is 40.3 Å². The summed E-state index contributed by atoms with van der Waals surface area (Å²) in [4.78, 5) is 21.7. The summed E-state index contributed by atoms with van der Waals surface area (Å²) in [6, 6.07) is 9.32. The Balaban J connectivity index is 2.03. The van der Waals surface area contributed by atoms with Crippen molar-refractivity contribution in [2.45, 2.75) is 39.4 Å². The topological polar surface area (TPSA) is 72.3 Å². The highest BCUT2D eigenvalue weighted by atomic mass is 79.9. The van der Waals surface area contributed by atoms with Crippen LogP contribution in [0.3, 0.4) is 0 Å². The first kappa shape index (κ1) is 23.3. The quantitative estimate of drug-likeness (QED) is 0.274. The van der Waals surface area contributed by atoms with E-state index in [0.29, 0.717) is 10.6 Å². The normalized spacial score (nSPS) is 12.9. The van der Waals surface area contributed by atoms with E-state index in [1.165, 1.54) is 22.7 Å². The summed E-state index contributed by atoms with van der Waals surface area (Å²) in [7, 11) is 0. The average Bonchev–Trinajstić information content (AvgIpc) is 3.31.